The Labute approximate surface area is 107 Å². The average molecular weight is 259 g/mol. The highest BCUT2D eigenvalue weighted by Crippen LogP contribution is 2.33. The van der Waals surface area contributed by atoms with Crippen LogP contribution < -0.4 is 0 Å². The number of fused-ring (bicyclic) bond motifs is 1. The first kappa shape index (κ1) is 11.2. The molecule has 3 aromatic rings. The van der Waals surface area contributed by atoms with E-state index in [0.717, 1.165) is 26.4 Å². The van der Waals surface area contributed by atoms with Gasteiger partial charge in [0, 0.05) is 5.56 Å². The molecule has 4 heteroatoms. The molecule has 2 aromatic carbocycles. The van der Waals surface area contributed by atoms with Crippen LogP contribution in [0.1, 0.15) is 5.56 Å². The highest BCUT2D eigenvalue weighted by Gasteiger charge is 2.09. The van der Waals surface area contributed by atoms with E-state index in [1.807, 2.05) is 13.0 Å². The molecule has 0 amide bonds. The molecule has 1 aromatic heterocycles. The molecule has 0 spiro atoms. The van der Waals surface area contributed by atoms with Gasteiger partial charge < -0.3 is 5.11 Å². The first-order chi connectivity index (χ1) is 8.63. The number of aryl methyl sites for hydroxylation is 1. The van der Waals surface area contributed by atoms with Gasteiger partial charge in [0.1, 0.15) is 16.6 Å². The van der Waals surface area contributed by atoms with Crippen molar-refractivity contribution in [2.24, 2.45) is 0 Å². The molecule has 0 aliphatic heterocycles. The molecule has 1 N–H and O–H groups in total. The molecule has 3 rings (SSSR count). The molecule has 18 heavy (non-hydrogen) atoms. The summed E-state index contributed by atoms with van der Waals surface area (Å²) in [4.78, 5) is 4.48. The molecule has 0 atom stereocenters. The second-order valence-corrected chi connectivity index (χ2v) is 5.16. The lowest BCUT2D eigenvalue weighted by Gasteiger charge is -2.01. The zero-order valence-corrected chi connectivity index (χ0v) is 10.5. The zero-order chi connectivity index (χ0) is 12.7. The standard InChI is InChI=1S/C14H10FNOS/c1-8-6-10(17)3-4-11(8)14-16-12-5-2-9(15)7-13(12)18-14/h2-7,17H,1H3. The molecule has 0 saturated heterocycles. The molecule has 2 nitrogen and oxygen atoms in total. The molecule has 0 saturated carbocycles. The Balaban J connectivity index is 2.19. The number of thiazole rings is 1. The summed E-state index contributed by atoms with van der Waals surface area (Å²) < 4.78 is 14.0. The van der Waals surface area contributed by atoms with Crippen molar-refractivity contribution in [3.05, 3.63) is 47.8 Å². The van der Waals surface area contributed by atoms with Crippen LogP contribution in [0.25, 0.3) is 20.8 Å². The molecular weight excluding hydrogens is 249 g/mol. The maximum absolute atomic E-state index is 13.1. The quantitative estimate of drug-likeness (QED) is 0.713. The number of hydrogen-bond donors (Lipinski definition) is 1. The minimum Gasteiger partial charge on any atom is -0.508 e. The van der Waals surface area contributed by atoms with E-state index in [1.165, 1.54) is 23.5 Å². The van der Waals surface area contributed by atoms with Crippen molar-refractivity contribution in [3.63, 3.8) is 0 Å². The summed E-state index contributed by atoms with van der Waals surface area (Å²) in [6.45, 7) is 1.92. The normalized spacial score (nSPS) is 11.0. The number of benzene rings is 2. The lowest BCUT2D eigenvalue weighted by molar-refractivity contribution is 0.475. The third-order valence-electron chi connectivity index (χ3n) is 2.79. The smallest absolute Gasteiger partial charge is 0.124 e. The van der Waals surface area contributed by atoms with Crippen LogP contribution in [0.2, 0.25) is 0 Å². The molecule has 0 aliphatic carbocycles. The predicted octanol–water partition coefficient (Wildman–Crippen LogP) is 4.12. The van der Waals surface area contributed by atoms with Crippen LogP contribution in [0.5, 0.6) is 5.75 Å². The van der Waals surface area contributed by atoms with Crippen LogP contribution >= 0.6 is 11.3 Å². The van der Waals surface area contributed by atoms with E-state index in [0.29, 0.717) is 0 Å². The second-order valence-electron chi connectivity index (χ2n) is 4.13. The largest absolute Gasteiger partial charge is 0.508 e. The van der Waals surface area contributed by atoms with Gasteiger partial charge in [0.05, 0.1) is 10.2 Å². The van der Waals surface area contributed by atoms with Crippen LogP contribution in [-0.2, 0) is 0 Å². The highest BCUT2D eigenvalue weighted by molar-refractivity contribution is 7.21. The van der Waals surface area contributed by atoms with E-state index >= 15 is 0 Å². The summed E-state index contributed by atoms with van der Waals surface area (Å²) in [5.41, 5.74) is 2.72. The molecule has 0 radical (unpaired) electrons. The van der Waals surface area contributed by atoms with E-state index in [9.17, 15) is 9.50 Å². The van der Waals surface area contributed by atoms with E-state index < -0.39 is 0 Å². The van der Waals surface area contributed by atoms with Crippen LogP contribution in [0.3, 0.4) is 0 Å². The number of aromatic nitrogens is 1. The Hall–Kier alpha value is -1.94. The molecule has 90 valence electrons. The monoisotopic (exact) mass is 259 g/mol. The number of halogens is 1. The van der Waals surface area contributed by atoms with Gasteiger partial charge in [0.25, 0.3) is 0 Å². The van der Waals surface area contributed by atoms with E-state index in [4.69, 9.17) is 0 Å². The Bertz CT molecular complexity index is 736. The fourth-order valence-electron chi connectivity index (χ4n) is 1.90. The number of hydrogen-bond acceptors (Lipinski definition) is 3. The van der Waals surface area contributed by atoms with Crippen LogP contribution in [0.4, 0.5) is 4.39 Å². The van der Waals surface area contributed by atoms with E-state index in [1.54, 1.807) is 18.2 Å². The fourth-order valence-corrected chi connectivity index (χ4v) is 2.98. The van der Waals surface area contributed by atoms with Gasteiger partial charge in [-0.3, -0.25) is 0 Å². The maximum atomic E-state index is 13.1. The first-order valence-electron chi connectivity index (χ1n) is 5.49. The summed E-state index contributed by atoms with van der Waals surface area (Å²) in [5.74, 6) is -0.0106. The number of aromatic hydroxyl groups is 1. The van der Waals surface area contributed by atoms with Gasteiger partial charge in [-0.2, -0.15) is 0 Å². The van der Waals surface area contributed by atoms with Crippen molar-refractivity contribution in [2.45, 2.75) is 6.92 Å². The second kappa shape index (κ2) is 4.07. The zero-order valence-electron chi connectivity index (χ0n) is 9.64. The lowest BCUT2D eigenvalue weighted by Crippen LogP contribution is -1.81. The third kappa shape index (κ3) is 1.84. The van der Waals surface area contributed by atoms with E-state index in [2.05, 4.69) is 4.98 Å². The molecule has 0 bridgehead atoms. The minimum atomic E-state index is -0.250. The fraction of sp³-hybridized carbons (Fsp3) is 0.0714. The molecule has 0 aliphatic rings. The Kier molecular flexibility index (Phi) is 2.52. The van der Waals surface area contributed by atoms with Crippen molar-refractivity contribution in [1.82, 2.24) is 4.98 Å². The van der Waals surface area contributed by atoms with Gasteiger partial charge in [-0.15, -0.1) is 11.3 Å². The van der Waals surface area contributed by atoms with Crippen molar-refractivity contribution in [3.8, 4) is 16.3 Å². The van der Waals surface area contributed by atoms with Crippen LogP contribution in [0, 0.1) is 12.7 Å². The number of phenolic OH excluding ortho intramolecular Hbond substituents is 1. The summed E-state index contributed by atoms with van der Waals surface area (Å²) in [6, 6.07) is 9.75. The SMILES string of the molecule is Cc1cc(O)ccc1-c1nc2ccc(F)cc2s1. The van der Waals surface area contributed by atoms with Gasteiger partial charge in [-0.25, -0.2) is 9.37 Å². The Morgan fingerprint density at radius 2 is 2.00 bits per heavy atom. The third-order valence-corrected chi connectivity index (χ3v) is 3.84. The van der Waals surface area contributed by atoms with Crippen molar-refractivity contribution in [1.29, 1.82) is 0 Å². The number of phenols is 1. The summed E-state index contributed by atoms with van der Waals surface area (Å²) in [5, 5.41) is 10.2. The molecule has 1 heterocycles. The highest BCUT2D eigenvalue weighted by atomic mass is 32.1. The predicted molar refractivity (Wildman–Crippen MR) is 71.4 cm³/mol. The molecule has 0 unspecified atom stereocenters. The van der Waals surface area contributed by atoms with E-state index in [-0.39, 0.29) is 11.6 Å². The topological polar surface area (TPSA) is 33.1 Å². The summed E-state index contributed by atoms with van der Waals surface area (Å²) in [7, 11) is 0. The number of nitrogens with zero attached hydrogens (tertiary/aromatic N) is 1. The van der Waals surface area contributed by atoms with Crippen LogP contribution in [-0.4, -0.2) is 10.1 Å². The molecule has 0 fully saturated rings. The van der Waals surface area contributed by atoms with Crippen molar-refractivity contribution >= 4 is 21.6 Å². The summed E-state index contributed by atoms with van der Waals surface area (Å²) in [6.07, 6.45) is 0. The first-order valence-corrected chi connectivity index (χ1v) is 6.31. The minimum absolute atomic E-state index is 0.239. The Morgan fingerprint density at radius 1 is 1.17 bits per heavy atom. The van der Waals surface area contributed by atoms with Crippen LogP contribution in [0.15, 0.2) is 36.4 Å². The van der Waals surface area contributed by atoms with Gasteiger partial charge in [0.15, 0.2) is 0 Å². The number of rotatable bonds is 1. The maximum Gasteiger partial charge on any atom is 0.124 e. The van der Waals surface area contributed by atoms with Gasteiger partial charge in [0.2, 0.25) is 0 Å². The average Bonchev–Trinajstić information content (AvgIpc) is 2.71. The van der Waals surface area contributed by atoms with Gasteiger partial charge in [-0.1, -0.05) is 0 Å². The van der Waals surface area contributed by atoms with Crippen molar-refractivity contribution in [2.75, 3.05) is 0 Å². The van der Waals surface area contributed by atoms with Gasteiger partial charge >= 0.3 is 0 Å². The Morgan fingerprint density at radius 3 is 2.78 bits per heavy atom. The molecular formula is C14H10FNOS. The lowest BCUT2D eigenvalue weighted by atomic mass is 10.1. The van der Waals surface area contributed by atoms with Crippen molar-refractivity contribution < 1.29 is 9.50 Å². The van der Waals surface area contributed by atoms with Gasteiger partial charge in [-0.05, 0) is 48.9 Å². The summed E-state index contributed by atoms with van der Waals surface area (Å²) >= 11 is 1.45.